The van der Waals surface area contributed by atoms with Gasteiger partial charge in [-0.05, 0) is 42.7 Å². The van der Waals surface area contributed by atoms with Crippen molar-refractivity contribution in [2.24, 2.45) is 0 Å². The Balaban J connectivity index is 2.27. The van der Waals surface area contributed by atoms with Crippen LogP contribution in [0.1, 0.15) is 34.0 Å². The fourth-order valence-electron chi connectivity index (χ4n) is 2.45. The Kier molecular flexibility index (Phi) is 4.94. The number of hydrogen-bond acceptors (Lipinski definition) is 3. The number of hydrogen-bond donors (Lipinski definition) is 1. The van der Waals surface area contributed by atoms with Crippen LogP contribution in [0, 0.1) is 6.92 Å². The van der Waals surface area contributed by atoms with Crippen LogP contribution in [0.2, 0.25) is 0 Å². The highest BCUT2D eigenvalue weighted by atomic mass is 16.5. The first-order valence-corrected chi connectivity index (χ1v) is 7.00. The molecule has 22 heavy (non-hydrogen) atoms. The van der Waals surface area contributed by atoms with Gasteiger partial charge < -0.3 is 9.84 Å². The molecule has 114 valence electrons. The fourth-order valence-corrected chi connectivity index (χ4v) is 2.45. The van der Waals surface area contributed by atoms with Crippen LogP contribution in [0.15, 0.2) is 42.5 Å². The van der Waals surface area contributed by atoms with E-state index in [0.29, 0.717) is 23.5 Å². The fraction of sp³-hybridized carbons (Fsp3) is 0.222. The molecule has 0 aromatic heterocycles. The normalized spacial score (nSPS) is 10.3. The molecule has 0 aliphatic carbocycles. The molecule has 0 aliphatic rings. The highest BCUT2D eigenvalue weighted by Gasteiger charge is 2.15. The summed E-state index contributed by atoms with van der Waals surface area (Å²) in [6.07, 6.45) is -0.196. The quantitative estimate of drug-likeness (QED) is 0.830. The van der Waals surface area contributed by atoms with Crippen LogP contribution >= 0.6 is 0 Å². The molecule has 0 saturated carbocycles. The molecule has 0 radical (unpaired) electrons. The zero-order valence-electron chi connectivity index (χ0n) is 12.6. The van der Waals surface area contributed by atoms with Crippen LogP contribution in [0.5, 0.6) is 5.75 Å². The number of aryl methyl sites for hydroxylation is 1. The zero-order valence-corrected chi connectivity index (χ0v) is 12.6. The Hall–Kier alpha value is -2.62. The van der Waals surface area contributed by atoms with E-state index in [4.69, 9.17) is 9.84 Å². The summed E-state index contributed by atoms with van der Waals surface area (Å²) in [5, 5.41) is 9.01. The van der Waals surface area contributed by atoms with Gasteiger partial charge in [-0.1, -0.05) is 30.3 Å². The number of carboxylic acid groups (broad SMARTS) is 1. The Bertz CT molecular complexity index is 690. The topological polar surface area (TPSA) is 63.6 Å². The Morgan fingerprint density at radius 1 is 1.14 bits per heavy atom. The van der Waals surface area contributed by atoms with Gasteiger partial charge >= 0.3 is 5.97 Å². The SMILES string of the molecule is CC(=O)c1c(C)cc(OCc2ccccc2)cc1CC(=O)O. The smallest absolute Gasteiger partial charge is 0.307 e. The van der Waals surface area contributed by atoms with Crippen molar-refractivity contribution in [3.05, 3.63) is 64.7 Å². The highest BCUT2D eigenvalue weighted by molar-refractivity contribution is 5.98. The molecule has 2 aromatic rings. The predicted molar refractivity (Wildman–Crippen MR) is 83.3 cm³/mol. The summed E-state index contributed by atoms with van der Waals surface area (Å²) in [7, 11) is 0. The number of Topliss-reactive ketones (excluding diaryl/α,β-unsaturated/α-hetero) is 1. The molecule has 0 aliphatic heterocycles. The van der Waals surface area contributed by atoms with Gasteiger partial charge in [-0.2, -0.15) is 0 Å². The van der Waals surface area contributed by atoms with Crippen molar-refractivity contribution in [1.29, 1.82) is 0 Å². The number of carbonyl (C=O) groups excluding carboxylic acids is 1. The lowest BCUT2D eigenvalue weighted by molar-refractivity contribution is -0.136. The van der Waals surface area contributed by atoms with E-state index in [9.17, 15) is 9.59 Å². The summed E-state index contributed by atoms with van der Waals surface area (Å²) >= 11 is 0. The van der Waals surface area contributed by atoms with Crippen LogP contribution in [0.4, 0.5) is 0 Å². The van der Waals surface area contributed by atoms with Crippen molar-refractivity contribution in [2.45, 2.75) is 26.9 Å². The first kappa shape index (κ1) is 15.8. The third kappa shape index (κ3) is 3.95. The molecule has 0 unspecified atom stereocenters. The average Bonchev–Trinajstić information content (AvgIpc) is 2.44. The second kappa shape index (κ2) is 6.89. The summed E-state index contributed by atoms with van der Waals surface area (Å²) in [5.74, 6) is -0.534. The zero-order chi connectivity index (χ0) is 16.1. The van der Waals surface area contributed by atoms with Crippen LogP contribution in [0.25, 0.3) is 0 Å². The number of aliphatic carboxylic acids is 1. The summed E-state index contributed by atoms with van der Waals surface area (Å²) in [6.45, 7) is 3.63. The average molecular weight is 298 g/mol. The highest BCUT2D eigenvalue weighted by Crippen LogP contribution is 2.24. The van der Waals surface area contributed by atoms with Gasteiger partial charge in [0.15, 0.2) is 5.78 Å². The number of ether oxygens (including phenoxy) is 1. The summed E-state index contributed by atoms with van der Waals surface area (Å²) < 4.78 is 5.73. The van der Waals surface area contributed by atoms with Crippen molar-refractivity contribution in [2.75, 3.05) is 0 Å². The monoisotopic (exact) mass is 298 g/mol. The minimum Gasteiger partial charge on any atom is -0.489 e. The second-order valence-electron chi connectivity index (χ2n) is 5.18. The Morgan fingerprint density at radius 2 is 1.82 bits per heavy atom. The number of ketones is 1. The third-order valence-electron chi connectivity index (χ3n) is 3.33. The maximum absolute atomic E-state index is 11.7. The number of carbonyl (C=O) groups is 2. The van der Waals surface area contributed by atoms with Crippen LogP contribution in [-0.4, -0.2) is 16.9 Å². The minimum atomic E-state index is -0.970. The Labute approximate surface area is 129 Å². The number of benzene rings is 2. The van der Waals surface area contributed by atoms with E-state index in [0.717, 1.165) is 11.1 Å². The van der Waals surface area contributed by atoms with Crippen molar-refractivity contribution in [3.8, 4) is 5.75 Å². The number of rotatable bonds is 6. The van der Waals surface area contributed by atoms with E-state index >= 15 is 0 Å². The van der Waals surface area contributed by atoms with Gasteiger partial charge in [-0.3, -0.25) is 9.59 Å². The van der Waals surface area contributed by atoms with E-state index in [1.165, 1.54) is 6.92 Å². The molecule has 0 fully saturated rings. The maximum atomic E-state index is 11.7. The summed E-state index contributed by atoms with van der Waals surface area (Å²) in [4.78, 5) is 22.7. The maximum Gasteiger partial charge on any atom is 0.307 e. The van der Waals surface area contributed by atoms with Crippen molar-refractivity contribution in [3.63, 3.8) is 0 Å². The summed E-state index contributed by atoms with van der Waals surface area (Å²) in [5.41, 5.74) is 2.71. The van der Waals surface area contributed by atoms with Gasteiger partial charge in [-0.25, -0.2) is 0 Å². The van der Waals surface area contributed by atoms with E-state index in [1.807, 2.05) is 30.3 Å². The summed E-state index contributed by atoms with van der Waals surface area (Å²) in [6, 6.07) is 13.1. The van der Waals surface area contributed by atoms with Gasteiger partial charge in [0.25, 0.3) is 0 Å². The van der Waals surface area contributed by atoms with E-state index in [2.05, 4.69) is 0 Å². The molecule has 0 atom stereocenters. The van der Waals surface area contributed by atoms with Crippen LogP contribution in [0.3, 0.4) is 0 Å². The van der Waals surface area contributed by atoms with Crippen molar-refractivity contribution in [1.82, 2.24) is 0 Å². The van der Waals surface area contributed by atoms with Gasteiger partial charge in [0.05, 0.1) is 6.42 Å². The molecule has 0 bridgehead atoms. The van der Waals surface area contributed by atoms with Gasteiger partial charge in [-0.15, -0.1) is 0 Å². The molecule has 2 aromatic carbocycles. The van der Waals surface area contributed by atoms with E-state index in [1.54, 1.807) is 19.1 Å². The molecule has 0 heterocycles. The van der Waals surface area contributed by atoms with Crippen LogP contribution < -0.4 is 4.74 Å². The van der Waals surface area contributed by atoms with E-state index < -0.39 is 5.97 Å². The molecule has 0 spiro atoms. The molecule has 4 heteroatoms. The van der Waals surface area contributed by atoms with Crippen molar-refractivity contribution >= 4 is 11.8 Å². The number of carboxylic acids is 1. The molecule has 0 amide bonds. The molecule has 0 saturated heterocycles. The Morgan fingerprint density at radius 3 is 2.41 bits per heavy atom. The largest absolute Gasteiger partial charge is 0.489 e. The van der Waals surface area contributed by atoms with Gasteiger partial charge in [0.2, 0.25) is 0 Å². The van der Waals surface area contributed by atoms with Gasteiger partial charge in [0, 0.05) is 5.56 Å². The van der Waals surface area contributed by atoms with Crippen LogP contribution in [-0.2, 0) is 17.8 Å². The molecule has 2 rings (SSSR count). The third-order valence-corrected chi connectivity index (χ3v) is 3.33. The molecular weight excluding hydrogens is 280 g/mol. The first-order chi connectivity index (χ1) is 10.5. The van der Waals surface area contributed by atoms with E-state index in [-0.39, 0.29) is 12.2 Å². The molecule has 4 nitrogen and oxygen atoms in total. The standard InChI is InChI=1S/C18H18O4/c1-12-8-16(22-11-14-6-4-3-5-7-14)9-15(10-17(20)21)18(12)13(2)19/h3-9H,10-11H2,1-2H3,(H,20,21). The van der Waals surface area contributed by atoms with Crippen molar-refractivity contribution < 1.29 is 19.4 Å². The van der Waals surface area contributed by atoms with Gasteiger partial charge in [0.1, 0.15) is 12.4 Å². The molecular formula is C18H18O4. The lowest BCUT2D eigenvalue weighted by atomic mass is 9.96. The molecule has 1 N–H and O–H groups in total. The lowest BCUT2D eigenvalue weighted by Crippen LogP contribution is -2.09. The lowest BCUT2D eigenvalue weighted by Gasteiger charge is -2.13. The first-order valence-electron chi connectivity index (χ1n) is 7.00. The predicted octanol–water partition coefficient (Wildman–Crippen LogP) is 3.40. The minimum absolute atomic E-state index is 0.136. The second-order valence-corrected chi connectivity index (χ2v) is 5.18.